The van der Waals surface area contributed by atoms with Crippen LogP contribution in [0.25, 0.3) is 10.9 Å². The molecule has 1 unspecified atom stereocenters. The fraction of sp³-hybridized carbons (Fsp3) is 0.500. The molecule has 0 radical (unpaired) electrons. The van der Waals surface area contributed by atoms with Gasteiger partial charge in [0.15, 0.2) is 0 Å². The van der Waals surface area contributed by atoms with Crippen LogP contribution in [0.15, 0.2) is 30.5 Å². The van der Waals surface area contributed by atoms with Crippen molar-refractivity contribution in [2.24, 2.45) is 0 Å². The number of para-hydroxylation sites is 1. The Balaban J connectivity index is 2.30. The van der Waals surface area contributed by atoms with Crippen LogP contribution < -0.4 is 0 Å². The Morgan fingerprint density at radius 3 is 2.81 bits per heavy atom. The van der Waals surface area contributed by atoms with Crippen molar-refractivity contribution in [1.29, 1.82) is 0 Å². The molecule has 0 saturated carbocycles. The maximum atomic E-state index is 4.54. The smallest absolute Gasteiger partial charge is 0.0685 e. The van der Waals surface area contributed by atoms with Crippen LogP contribution in [0.2, 0.25) is 0 Å². The largest absolute Gasteiger partial charge is 0.262 e. The highest BCUT2D eigenvalue weighted by atomic mass is 15.3. The van der Waals surface area contributed by atoms with Crippen LogP contribution in [0.4, 0.5) is 0 Å². The van der Waals surface area contributed by atoms with Gasteiger partial charge >= 0.3 is 0 Å². The lowest BCUT2D eigenvalue weighted by molar-refractivity contribution is 0.412. The number of hydrogen-bond donors (Lipinski definition) is 0. The molecular formula is C14H20N2. The Bertz CT molecular complexity index is 445. The molecule has 1 aromatic heterocycles. The second-order valence-corrected chi connectivity index (χ2v) is 4.35. The molecule has 1 aromatic carbocycles. The molecule has 0 bridgehead atoms. The van der Waals surface area contributed by atoms with E-state index in [0.717, 1.165) is 6.42 Å². The zero-order valence-corrected chi connectivity index (χ0v) is 10.2. The van der Waals surface area contributed by atoms with Crippen LogP contribution in [0.5, 0.6) is 0 Å². The van der Waals surface area contributed by atoms with Crippen molar-refractivity contribution in [3.63, 3.8) is 0 Å². The van der Waals surface area contributed by atoms with Gasteiger partial charge in [-0.15, -0.1) is 0 Å². The average Bonchev–Trinajstić information content (AvgIpc) is 2.75. The molecule has 0 fully saturated rings. The van der Waals surface area contributed by atoms with Gasteiger partial charge in [-0.25, -0.2) is 0 Å². The fourth-order valence-electron chi connectivity index (χ4n) is 2.22. The molecule has 16 heavy (non-hydrogen) atoms. The highest BCUT2D eigenvalue weighted by molar-refractivity contribution is 5.78. The lowest BCUT2D eigenvalue weighted by Gasteiger charge is -2.16. The van der Waals surface area contributed by atoms with Gasteiger partial charge in [-0.3, -0.25) is 4.68 Å². The van der Waals surface area contributed by atoms with Gasteiger partial charge in [0, 0.05) is 5.39 Å². The van der Waals surface area contributed by atoms with Gasteiger partial charge in [0.25, 0.3) is 0 Å². The van der Waals surface area contributed by atoms with Gasteiger partial charge in [0.1, 0.15) is 0 Å². The van der Waals surface area contributed by atoms with E-state index in [1.165, 1.54) is 30.2 Å². The fourth-order valence-corrected chi connectivity index (χ4v) is 2.22. The SMILES string of the molecule is CCCCC(CC)n1ncc2ccccc21. The van der Waals surface area contributed by atoms with E-state index < -0.39 is 0 Å². The molecule has 1 heterocycles. The number of rotatable bonds is 5. The predicted molar refractivity (Wildman–Crippen MR) is 68.6 cm³/mol. The van der Waals surface area contributed by atoms with Crippen LogP contribution >= 0.6 is 0 Å². The Hall–Kier alpha value is -1.31. The van der Waals surface area contributed by atoms with Crippen molar-refractivity contribution in [3.05, 3.63) is 30.5 Å². The Labute approximate surface area is 97.3 Å². The van der Waals surface area contributed by atoms with Crippen LogP contribution in [0, 0.1) is 0 Å². The predicted octanol–water partition coefficient (Wildman–Crippen LogP) is 4.18. The van der Waals surface area contributed by atoms with Crippen molar-refractivity contribution < 1.29 is 0 Å². The summed E-state index contributed by atoms with van der Waals surface area (Å²) in [5, 5.41) is 5.78. The number of nitrogens with zero attached hydrogens (tertiary/aromatic N) is 2. The van der Waals surface area contributed by atoms with Gasteiger partial charge in [0.2, 0.25) is 0 Å². The second kappa shape index (κ2) is 5.15. The summed E-state index contributed by atoms with van der Waals surface area (Å²) in [5.74, 6) is 0. The first-order chi connectivity index (χ1) is 7.86. The first-order valence-electron chi connectivity index (χ1n) is 6.29. The molecular weight excluding hydrogens is 196 g/mol. The Morgan fingerprint density at radius 2 is 2.06 bits per heavy atom. The maximum Gasteiger partial charge on any atom is 0.0685 e. The van der Waals surface area contributed by atoms with Gasteiger partial charge in [-0.2, -0.15) is 5.10 Å². The maximum absolute atomic E-state index is 4.54. The van der Waals surface area contributed by atoms with Crippen LogP contribution in [-0.2, 0) is 0 Å². The number of hydrogen-bond acceptors (Lipinski definition) is 1. The standard InChI is InChI=1S/C14H20N2/c1-3-5-9-13(4-2)16-14-10-7-6-8-12(14)11-15-16/h6-8,10-11,13H,3-5,9H2,1-2H3. The molecule has 2 nitrogen and oxygen atoms in total. The van der Waals surface area contributed by atoms with Crippen molar-refractivity contribution >= 4 is 10.9 Å². The molecule has 2 heteroatoms. The summed E-state index contributed by atoms with van der Waals surface area (Å²) in [5.41, 5.74) is 1.27. The van der Waals surface area contributed by atoms with E-state index in [1.807, 2.05) is 6.20 Å². The summed E-state index contributed by atoms with van der Waals surface area (Å²) in [7, 11) is 0. The van der Waals surface area contributed by atoms with E-state index in [2.05, 4.69) is 47.9 Å². The zero-order chi connectivity index (χ0) is 11.4. The van der Waals surface area contributed by atoms with Crippen molar-refractivity contribution in [2.75, 3.05) is 0 Å². The van der Waals surface area contributed by atoms with Gasteiger partial charge in [-0.1, -0.05) is 44.9 Å². The number of benzene rings is 1. The number of fused-ring (bicyclic) bond motifs is 1. The van der Waals surface area contributed by atoms with E-state index >= 15 is 0 Å². The zero-order valence-electron chi connectivity index (χ0n) is 10.2. The molecule has 86 valence electrons. The van der Waals surface area contributed by atoms with E-state index in [1.54, 1.807) is 0 Å². The lowest BCUT2D eigenvalue weighted by Crippen LogP contribution is -2.09. The van der Waals surface area contributed by atoms with E-state index in [9.17, 15) is 0 Å². The minimum absolute atomic E-state index is 0.555. The Morgan fingerprint density at radius 1 is 1.25 bits per heavy atom. The summed E-state index contributed by atoms with van der Waals surface area (Å²) >= 11 is 0. The van der Waals surface area contributed by atoms with E-state index in [-0.39, 0.29) is 0 Å². The third-order valence-corrected chi connectivity index (χ3v) is 3.21. The minimum Gasteiger partial charge on any atom is -0.262 e. The lowest BCUT2D eigenvalue weighted by atomic mass is 10.1. The average molecular weight is 216 g/mol. The first-order valence-corrected chi connectivity index (χ1v) is 6.29. The third-order valence-electron chi connectivity index (χ3n) is 3.21. The molecule has 0 aliphatic rings. The van der Waals surface area contributed by atoms with Crippen LogP contribution in [-0.4, -0.2) is 9.78 Å². The molecule has 2 aromatic rings. The highest BCUT2D eigenvalue weighted by Gasteiger charge is 2.11. The molecule has 0 aliphatic heterocycles. The van der Waals surface area contributed by atoms with Gasteiger partial charge in [0.05, 0.1) is 17.8 Å². The van der Waals surface area contributed by atoms with Crippen molar-refractivity contribution in [1.82, 2.24) is 9.78 Å². The second-order valence-electron chi connectivity index (χ2n) is 4.35. The first kappa shape index (κ1) is 11.2. The molecule has 0 spiro atoms. The summed E-state index contributed by atoms with van der Waals surface area (Å²) in [4.78, 5) is 0. The van der Waals surface area contributed by atoms with E-state index in [0.29, 0.717) is 6.04 Å². The normalized spacial score (nSPS) is 13.1. The molecule has 1 atom stereocenters. The summed E-state index contributed by atoms with van der Waals surface area (Å²) < 4.78 is 2.20. The van der Waals surface area contributed by atoms with Crippen LogP contribution in [0.1, 0.15) is 45.6 Å². The van der Waals surface area contributed by atoms with E-state index in [4.69, 9.17) is 0 Å². The highest BCUT2D eigenvalue weighted by Crippen LogP contribution is 2.23. The number of unbranched alkanes of at least 4 members (excludes halogenated alkanes) is 1. The number of aromatic nitrogens is 2. The summed E-state index contributed by atoms with van der Waals surface area (Å²) in [6, 6.07) is 9.01. The van der Waals surface area contributed by atoms with Crippen LogP contribution in [0.3, 0.4) is 0 Å². The molecule has 0 saturated heterocycles. The van der Waals surface area contributed by atoms with Crippen molar-refractivity contribution in [3.8, 4) is 0 Å². The molecule has 0 amide bonds. The molecule has 0 aliphatic carbocycles. The summed E-state index contributed by atoms with van der Waals surface area (Å²) in [6.45, 7) is 4.49. The quantitative estimate of drug-likeness (QED) is 0.733. The van der Waals surface area contributed by atoms with Crippen molar-refractivity contribution in [2.45, 2.75) is 45.6 Å². The molecule has 2 rings (SSSR count). The third kappa shape index (κ3) is 2.11. The topological polar surface area (TPSA) is 17.8 Å². The Kier molecular flexibility index (Phi) is 3.60. The molecule has 0 N–H and O–H groups in total. The monoisotopic (exact) mass is 216 g/mol. The van der Waals surface area contributed by atoms with Gasteiger partial charge in [-0.05, 0) is 18.9 Å². The van der Waals surface area contributed by atoms with Gasteiger partial charge < -0.3 is 0 Å². The minimum atomic E-state index is 0.555. The summed E-state index contributed by atoms with van der Waals surface area (Å²) in [6.07, 6.45) is 6.91.